The van der Waals surface area contributed by atoms with Crippen LogP contribution in [0.1, 0.15) is 59.8 Å². The highest BCUT2D eigenvalue weighted by molar-refractivity contribution is 4.96. The first-order valence-electron chi connectivity index (χ1n) is 7.53. The minimum atomic E-state index is 0.360. The van der Waals surface area contributed by atoms with E-state index in [0.717, 1.165) is 12.1 Å². The fourth-order valence-corrected chi connectivity index (χ4v) is 3.48. The third-order valence-electron chi connectivity index (χ3n) is 4.21. The molecule has 17 heavy (non-hydrogen) atoms. The monoisotopic (exact) mass is 238 g/mol. The van der Waals surface area contributed by atoms with Crippen molar-refractivity contribution in [3.05, 3.63) is 0 Å². The average molecular weight is 238 g/mol. The molecule has 1 heterocycles. The summed E-state index contributed by atoms with van der Waals surface area (Å²) in [7, 11) is 0. The molecule has 2 heteroatoms. The zero-order chi connectivity index (χ0) is 12.5. The highest BCUT2D eigenvalue weighted by Gasteiger charge is 2.40. The molecule has 0 atom stereocenters. The van der Waals surface area contributed by atoms with Gasteiger partial charge in [-0.25, -0.2) is 0 Å². The van der Waals surface area contributed by atoms with Crippen LogP contribution in [0, 0.1) is 0 Å². The minimum Gasteiger partial charge on any atom is -0.303 e. The van der Waals surface area contributed by atoms with E-state index in [1.807, 2.05) is 0 Å². The maximum absolute atomic E-state index is 2.83. The molecule has 0 amide bonds. The molecular weight excluding hydrogens is 208 g/mol. The SMILES string of the molecule is CCCN1CCC(N(C2CC2)C(C)(C)C)CC1. The fraction of sp³-hybridized carbons (Fsp3) is 1.00. The Morgan fingerprint density at radius 1 is 1.00 bits per heavy atom. The van der Waals surface area contributed by atoms with E-state index in [0.29, 0.717) is 5.54 Å². The molecule has 1 aliphatic heterocycles. The van der Waals surface area contributed by atoms with E-state index < -0.39 is 0 Å². The lowest BCUT2D eigenvalue weighted by atomic mass is 9.96. The number of rotatable bonds is 4. The Kier molecular flexibility index (Phi) is 4.14. The number of likely N-dealkylation sites (tertiary alicyclic amines) is 1. The molecular formula is C15H30N2. The molecule has 2 fully saturated rings. The Morgan fingerprint density at radius 2 is 1.53 bits per heavy atom. The van der Waals surface area contributed by atoms with Gasteiger partial charge in [-0.2, -0.15) is 0 Å². The van der Waals surface area contributed by atoms with Crippen molar-refractivity contribution in [2.75, 3.05) is 19.6 Å². The van der Waals surface area contributed by atoms with E-state index in [-0.39, 0.29) is 0 Å². The van der Waals surface area contributed by atoms with Gasteiger partial charge in [-0.1, -0.05) is 6.92 Å². The third kappa shape index (κ3) is 3.45. The first-order chi connectivity index (χ1) is 8.02. The second-order valence-corrected chi connectivity index (χ2v) is 6.88. The zero-order valence-corrected chi connectivity index (χ0v) is 12.2. The summed E-state index contributed by atoms with van der Waals surface area (Å²) in [5.74, 6) is 0. The van der Waals surface area contributed by atoms with Crippen molar-refractivity contribution >= 4 is 0 Å². The van der Waals surface area contributed by atoms with E-state index in [1.165, 1.54) is 51.7 Å². The van der Waals surface area contributed by atoms with Gasteiger partial charge in [0.05, 0.1) is 0 Å². The summed E-state index contributed by atoms with van der Waals surface area (Å²) in [6, 6.07) is 1.74. The Balaban J connectivity index is 1.89. The van der Waals surface area contributed by atoms with Crippen molar-refractivity contribution in [2.24, 2.45) is 0 Å². The van der Waals surface area contributed by atoms with Crippen molar-refractivity contribution in [1.29, 1.82) is 0 Å². The molecule has 100 valence electrons. The van der Waals surface area contributed by atoms with Crippen molar-refractivity contribution < 1.29 is 0 Å². The minimum absolute atomic E-state index is 0.360. The summed E-state index contributed by atoms with van der Waals surface area (Å²) in [6.45, 7) is 13.4. The molecule has 0 aromatic carbocycles. The first kappa shape index (κ1) is 13.4. The van der Waals surface area contributed by atoms with E-state index in [2.05, 4.69) is 37.5 Å². The van der Waals surface area contributed by atoms with Crippen LogP contribution in [-0.2, 0) is 0 Å². The predicted octanol–water partition coefficient (Wildman–Crippen LogP) is 3.12. The van der Waals surface area contributed by atoms with Gasteiger partial charge in [0.2, 0.25) is 0 Å². The lowest BCUT2D eigenvalue weighted by molar-refractivity contribution is 0.0325. The van der Waals surface area contributed by atoms with Gasteiger partial charge in [-0.05, 0) is 72.5 Å². The number of hydrogen-bond acceptors (Lipinski definition) is 2. The lowest BCUT2D eigenvalue weighted by Crippen LogP contribution is -2.53. The van der Waals surface area contributed by atoms with Crippen molar-refractivity contribution in [3.63, 3.8) is 0 Å². The highest BCUT2D eigenvalue weighted by Crippen LogP contribution is 2.37. The van der Waals surface area contributed by atoms with E-state index in [1.54, 1.807) is 0 Å². The third-order valence-corrected chi connectivity index (χ3v) is 4.21. The first-order valence-corrected chi connectivity index (χ1v) is 7.53. The topological polar surface area (TPSA) is 6.48 Å². The molecule has 0 aromatic rings. The van der Waals surface area contributed by atoms with Crippen LogP contribution >= 0.6 is 0 Å². The second-order valence-electron chi connectivity index (χ2n) is 6.88. The van der Waals surface area contributed by atoms with Gasteiger partial charge < -0.3 is 4.90 Å². The van der Waals surface area contributed by atoms with Crippen LogP contribution in [0.5, 0.6) is 0 Å². The van der Waals surface area contributed by atoms with Crippen molar-refractivity contribution in [2.45, 2.75) is 77.4 Å². The van der Waals surface area contributed by atoms with Gasteiger partial charge in [0.15, 0.2) is 0 Å². The van der Waals surface area contributed by atoms with Gasteiger partial charge in [0.25, 0.3) is 0 Å². The number of piperidine rings is 1. The molecule has 0 unspecified atom stereocenters. The number of nitrogens with zero attached hydrogens (tertiary/aromatic N) is 2. The highest BCUT2D eigenvalue weighted by atomic mass is 15.3. The van der Waals surface area contributed by atoms with Crippen LogP contribution in [-0.4, -0.2) is 47.1 Å². The smallest absolute Gasteiger partial charge is 0.0130 e. The van der Waals surface area contributed by atoms with Crippen LogP contribution in [0.4, 0.5) is 0 Å². The predicted molar refractivity (Wildman–Crippen MR) is 74.4 cm³/mol. The number of hydrogen-bond donors (Lipinski definition) is 0. The Morgan fingerprint density at radius 3 is 1.94 bits per heavy atom. The summed E-state index contributed by atoms with van der Waals surface area (Å²) in [5, 5.41) is 0. The summed E-state index contributed by atoms with van der Waals surface area (Å²) >= 11 is 0. The molecule has 2 aliphatic rings. The molecule has 0 aromatic heterocycles. The molecule has 0 N–H and O–H groups in total. The summed E-state index contributed by atoms with van der Waals surface area (Å²) in [6.07, 6.45) is 6.94. The van der Waals surface area contributed by atoms with Crippen molar-refractivity contribution in [3.8, 4) is 0 Å². The Labute approximate surface area is 107 Å². The van der Waals surface area contributed by atoms with Crippen molar-refractivity contribution in [1.82, 2.24) is 9.80 Å². The molecule has 0 radical (unpaired) electrons. The largest absolute Gasteiger partial charge is 0.303 e. The van der Waals surface area contributed by atoms with Crippen LogP contribution < -0.4 is 0 Å². The van der Waals surface area contributed by atoms with Crippen LogP contribution in [0.25, 0.3) is 0 Å². The molecule has 2 rings (SSSR count). The van der Waals surface area contributed by atoms with Gasteiger partial charge in [-0.3, -0.25) is 4.90 Å². The van der Waals surface area contributed by atoms with E-state index in [9.17, 15) is 0 Å². The summed E-state index contributed by atoms with van der Waals surface area (Å²) in [4.78, 5) is 5.47. The van der Waals surface area contributed by atoms with Gasteiger partial charge in [0.1, 0.15) is 0 Å². The Hall–Kier alpha value is -0.0800. The standard InChI is InChI=1S/C15H30N2/c1-5-10-16-11-8-14(9-12-16)17(13-6-7-13)15(2,3)4/h13-14H,5-12H2,1-4H3. The van der Waals surface area contributed by atoms with Gasteiger partial charge in [-0.15, -0.1) is 0 Å². The van der Waals surface area contributed by atoms with E-state index in [4.69, 9.17) is 0 Å². The average Bonchev–Trinajstić information content (AvgIpc) is 3.04. The Bertz CT molecular complexity index is 232. The molecule has 1 saturated heterocycles. The van der Waals surface area contributed by atoms with Crippen LogP contribution in [0.15, 0.2) is 0 Å². The normalized spacial score (nSPS) is 24.5. The fourth-order valence-electron chi connectivity index (χ4n) is 3.48. The molecule has 1 aliphatic carbocycles. The summed E-state index contributed by atoms with van der Waals surface area (Å²) in [5.41, 5.74) is 0.360. The molecule has 1 saturated carbocycles. The van der Waals surface area contributed by atoms with E-state index >= 15 is 0 Å². The van der Waals surface area contributed by atoms with Crippen LogP contribution in [0.2, 0.25) is 0 Å². The van der Waals surface area contributed by atoms with Gasteiger partial charge >= 0.3 is 0 Å². The maximum atomic E-state index is 2.83. The summed E-state index contributed by atoms with van der Waals surface area (Å²) < 4.78 is 0. The zero-order valence-electron chi connectivity index (χ0n) is 12.2. The van der Waals surface area contributed by atoms with Crippen LogP contribution in [0.3, 0.4) is 0 Å². The molecule has 0 bridgehead atoms. The second kappa shape index (κ2) is 5.27. The quantitative estimate of drug-likeness (QED) is 0.742. The van der Waals surface area contributed by atoms with Gasteiger partial charge in [0, 0.05) is 17.6 Å². The molecule has 2 nitrogen and oxygen atoms in total. The lowest BCUT2D eigenvalue weighted by Gasteiger charge is -2.45. The maximum Gasteiger partial charge on any atom is 0.0130 e. The molecule has 0 spiro atoms.